The zero-order valence-corrected chi connectivity index (χ0v) is 12.5. The Balaban J connectivity index is 0.000000807. The fraction of sp³-hybridized carbons (Fsp3) is 0.545. The Morgan fingerprint density at radius 2 is 1.90 bits per heavy atom. The molecule has 0 spiro atoms. The number of ether oxygens (including phenoxy) is 2. The first-order valence-electron chi connectivity index (χ1n) is 6.10. The second-order valence-electron chi connectivity index (χ2n) is 4.81. The number of imidazole rings is 1. The maximum atomic E-state index is 9.75. The molecule has 8 nitrogen and oxygen atoms in total. The van der Waals surface area contributed by atoms with Crippen LogP contribution in [0.25, 0.3) is 11.2 Å². The van der Waals surface area contributed by atoms with Crippen molar-refractivity contribution >= 4 is 41.8 Å². The zero-order chi connectivity index (χ0) is 13.0. The van der Waals surface area contributed by atoms with Gasteiger partial charge in [-0.2, -0.15) is 0 Å². The van der Waals surface area contributed by atoms with E-state index >= 15 is 0 Å². The monoisotopic (exact) mass is 335 g/mol. The Bertz CT molecular complexity index is 639. The van der Waals surface area contributed by atoms with Gasteiger partial charge in [0, 0.05) is 0 Å². The summed E-state index contributed by atoms with van der Waals surface area (Å²) in [6, 6.07) is -0.0542. The first-order chi connectivity index (χ1) is 9.25. The van der Waals surface area contributed by atoms with Crippen molar-refractivity contribution in [2.24, 2.45) is 0 Å². The topological polar surface area (TPSA) is 108 Å². The lowest BCUT2D eigenvalue weighted by atomic mass is 10.1. The normalized spacial score (nSPS) is 30.7. The molecular formula is C11H15Cl2N5O3. The second-order valence-corrected chi connectivity index (χ2v) is 4.81. The van der Waals surface area contributed by atoms with Gasteiger partial charge in [0.2, 0.25) is 0 Å². The number of hydrogen-bond donors (Lipinski definition) is 2. The van der Waals surface area contributed by atoms with Crippen molar-refractivity contribution in [2.45, 2.75) is 24.4 Å². The van der Waals surface area contributed by atoms with E-state index in [-0.39, 0.29) is 43.1 Å². The lowest BCUT2D eigenvalue weighted by Crippen LogP contribution is -2.30. The smallest absolute Gasteiger partial charge is 0.165 e. The SMILES string of the molecule is Cl.Cl.Nc1ncnc2c1ncn2[C@H]1COC2C1OC[C@H]2O. The van der Waals surface area contributed by atoms with Gasteiger partial charge >= 0.3 is 0 Å². The Morgan fingerprint density at radius 1 is 1.14 bits per heavy atom. The molecule has 0 aliphatic carbocycles. The van der Waals surface area contributed by atoms with Crippen molar-refractivity contribution in [1.29, 1.82) is 0 Å². The molecule has 3 N–H and O–H groups in total. The van der Waals surface area contributed by atoms with E-state index < -0.39 is 6.10 Å². The highest BCUT2D eigenvalue weighted by Crippen LogP contribution is 2.35. The summed E-state index contributed by atoms with van der Waals surface area (Å²) in [6.45, 7) is 0.761. The summed E-state index contributed by atoms with van der Waals surface area (Å²) in [5.41, 5.74) is 7.00. The van der Waals surface area contributed by atoms with Gasteiger partial charge < -0.3 is 24.9 Å². The van der Waals surface area contributed by atoms with Crippen LogP contribution in [0.15, 0.2) is 12.7 Å². The summed E-state index contributed by atoms with van der Waals surface area (Å²) in [5.74, 6) is 0.353. The van der Waals surface area contributed by atoms with Gasteiger partial charge in [-0.3, -0.25) is 0 Å². The molecule has 2 unspecified atom stereocenters. The molecule has 10 heteroatoms. The number of aliphatic hydroxyl groups is 1. The second kappa shape index (κ2) is 5.90. The van der Waals surface area contributed by atoms with Crippen LogP contribution in [0.3, 0.4) is 0 Å². The number of aliphatic hydroxyl groups excluding tert-OH is 1. The van der Waals surface area contributed by atoms with Gasteiger partial charge in [-0.1, -0.05) is 0 Å². The van der Waals surface area contributed by atoms with Gasteiger partial charge in [-0.25, -0.2) is 15.0 Å². The van der Waals surface area contributed by atoms with E-state index in [0.717, 1.165) is 0 Å². The predicted octanol–water partition coefficient (Wildman–Crippen LogP) is -0.0483. The van der Waals surface area contributed by atoms with E-state index in [4.69, 9.17) is 15.2 Å². The average molecular weight is 336 g/mol. The predicted molar refractivity (Wildman–Crippen MR) is 78.8 cm³/mol. The minimum atomic E-state index is -0.565. The third kappa shape index (κ3) is 2.33. The van der Waals surface area contributed by atoms with Crippen LogP contribution in [0.2, 0.25) is 0 Å². The Morgan fingerprint density at radius 3 is 2.71 bits per heavy atom. The molecule has 2 saturated heterocycles. The van der Waals surface area contributed by atoms with Crippen LogP contribution in [-0.2, 0) is 9.47 Å². The molecule has 2 aliphatic rings. The summed E-state index contributed by atoms with van der Waals surface area (Å²) < 4.78 is 13.1. The number of anilines is 1. The van der Waals surface area contributed by atoms with E-state index in [0.29, 0.717) is 30.2 Å². The first kappa shape index (κ1) is 16.2. The van der Waals surface area contributed by atoms with E-state index in [9.17, 15) is 5.11 Å². The summed E-state index contributed by atoms with van der Waals surface area (Å²) in [4.78, 5) is 12.4. The van der Waals surface area contributed by atoms with Crippen molar-refractivity contribution in [1.82, 2.24) is 19.5 Å². The van der Waals surface area contributed by atoms with Gasteiger partial charge in [0.25, 0.3) is 0 Å². The number of aromatic nitrogens is 4. The number of nitrogens with two attached hydrogens (primary N) is 1. The number of rotatable bonds is 1. The molecule has 116 valence electrons. The summed E-state index contributed by atoms with van der Waals surface area (Å²) >= 11 is 0. The fourth-order valence-corrected chi connectivity index (χ4v) is 2.81. The van der Waals surface area contributed by atoms with Crippen LogP contribution in [0.4, 0.5) is 5.82 Å². The minimum Gasteiger partial charge on any atom is -0.388 e. The van der Waals surface area contributed by atoms with Gasteiger partial charge in [-0.05, 0) is 0 Å². The van der Waals surface area contributed by atoms with Crippen molar-refractivity contribution in [3.05, 3.63) is 12.7 Å². The highest BCUT2D eigenvalue weighted by Gasteiger charge is 2.48. The molecule has 0 amide bonds. The zero-order valence-electron chi connectivity index (χ0n) is 10.8. The molecule has 0 saturated carbocycles. The van der Waals surface area contributed by atoms with Gasteiger partial charge in [0.1, 0.15) is 30.2 Å². The van der Waals surface area contributed by atoms with Crippen LogP contribution in [0.1, 0.15) is 6.04 Å². The van der Waals surface area contributed by atoms with E-state index in [2.05, 4.69) is 15.0 Å². The number of hydrogen-bond acceptors (Lipinski definition) is 7. The number of halogens is 2. The van der Waals surface area contributed by atoms with E-state index in [1.165, 1.54) is 6.33 Å². The number of nitrogen functional groups attached to an aromatic ring is 1. The Kier molecular flexibility index (Phi) is 4.54. The molecule has 2 aromatic heterocycles. The van der Waals surface area contributed by atoms with Crippen LogP contribution >= 0.6 is 24.8 Å². The van der Waals surface area contributed by atoms with Crippen molar-refractivity contribution in [2.75, 3.05) is 18.9 Å². The molecule has 0 bridgehead atoms. The molecule has 2 aliphatic heterocycles. The Labute approximate surface area is 132 Å². The van der Waals surface area contributed by atoms with Crippen LogP contribution in [0, 0.1) is 0 Å². The third-order valence-electron chi connectivity index (χ3n) is 3.75. The fourth-order valence-electron chi connectivity index (χ4n) is 2.81. The van der Waals surface area contributed by atoms with Crippen LogP contribution < -0.4 is 5.73 Å². The van der Waals surface area contributed by atoms with Crippen LogP contribution in [0.5, 0.6) is 0 Å². The standard InChI is InChI=1S/C11H13N5O3.2ClH/c12-10-7-11(14-3-13-10)16(4-15-7)5-1-18-9-6(17)2-19-8(5)9;;/h3-6,8-9,17H,1-2H2,(H2,12,13,14);2*1H/t5-,6+,8?,9?;;/m0../s1. The van der Waals surface area contributed by atoms with Gasteiger partial charge in [0.15, 0.2) is 11.5 Å². The largest absolute Gasteiger partial charge is 0.388 e. The molecule has 21 heavy (non-hydrogen) atoms. The van der Waals surface area contributed by atoms with E-state index in [1.54, 1.807) is 6.33 Å². The molecule has 4 atom stereocenters. The highest BCUT2D eigenvalue weighted by atomic mass is 35.5. The van der Waals surface area contributed by atoms with Crippen molar-refractivity contribution in [3.8, 4) is 0 Å². The maximum Gasteiger partial charge on any atom is 0.165 e. The van der Waals surface area contributed by atoms with Gasteiger partial charge in [0.05, 0.1) is 25.6 Å². The Hall–Kier alpha value is -1.19. The third-order valence-corrected chi connectivity index (χ3v) is 3.75. The van der Waals surface area contributed by atoms with Crippen molar-refractivity contribution < 1.29 is 14.6 Å². The molecular weight excluding hydrogens is 321 g/mol. The minimum absolute atomic E-state index is 0. The summed E-state index contributed by atoms with van der Waals surface area (Å²) in [7, 11) is 0. The van der Waals surface area contributed by atoms with Gasteiger partial charge in [-0.15, -0.1) is 24.8 Å². The molecule has 0 aromatic carbocycles. The highest BCUT2D eigenvalue weighted by molar-refractivity contribution is 5.85. The first-order valence-corrected chi connectivity index (χ1v) is 6.10. The molecule has 2 fully saturated rings. The van der Waals surface area contributed by atoms with E-state index in [1.807, 2.05) is 4.57 Å². The number of nitrogens with zero attached hydrogens (tertiary/aromatic N) is 4. The van der Waals surface area contributed by atoms with Crippen LogP contribution in [-0.4, -0.2) is 56.2 Å². The molecule has 2 aromatic rings. The summed E-state index contributed by atoms with van der Waals surface area (Å²) in [6.07, 6.45) is 2.06. The van der Waals surface area contributed by atoms with Crippen molar-refractivity contribution in [3.63, 3.8) is 0 Å². The lowest BCUT2D eigenvalue weighted by molar-refractivity contribution is 0.0173. The molecule has 4 rings (SSSR count). The molecule has 0 radical (unpaired) electrons. The quantitative estimate of drug-likeness (QED) is 0.752. The lowest BCUT2D eigenvalue weighted by Gasteiger charge is -2.17. The summed E-state index contributed by atoms with van der Waals surface area (Å²) in [5, 5.41) is 9.75. The average Bonchev–Trinajstić information content (AvgIpc) is 3.06. The number of fused-ring (bicyclic) bond motifs is 2. The maximum absolute atomic E-state index is 9.75. The molecule has 4 heterocycles.